The third-order valence-corrected chi connectivity index (χ3v) is 4.52. The van der Waals surface area contributed by atoms with E-state index in [-0.39, 0.29) is 5.91 Å². The van der Waals surface area contributed by atoms with E-state index in [4.69, 9.17) is 11.6 Å². The van der Waals surface area contributed by atoms with E-state index in [1.165, 1.54) is 11.3 Å². The van der Waals surface area contributed by atoms with E-state index >= 15 is 0 Å². The Labute approximate surface area is 129 Å². The van der Waals surface area contributed by atoms with E-state index in [9.17, 15) is 4.79 Å². The first-order valence-electron chi connectivity index (χ1n) is 5.69. The maximum absolute atomic E-state index is 12.0. The van der Waals surface area contributed by atoms with Gasteiger partial charge >= 0.3 is 0 Å². The number of aromatic nitrogens is 1. The molecule has 1 aromatic carbocycles. The summed E-state index contributed by atoms with van der Waals surface area (Å²) in [6, 6.07) is 5.08. The lowest BCUT2D eigenvalue weighted by Crippen LogP contribution is -2.11. The van der Waals surface area contributed by atoms with Gasteiger partial charge in [0, 0.05) is 15.4 Å². The van der Waals surface area contributed by atoms with Crippen LogP contribution in [0.25, 0.3) is 0 Å². The smallest absolute Gasteiger partial charge is 0.257 e. The number of nitrogens with zero attached hydrogens (tertiary/aromatic N) is 1. The van der Waals surface area contributed by atoms with Crippen LogP contribution >= 0.6 is 38.9 Å². The first-order chi connectivity index (χ1) is 8.97. The van der Waals surface area contributed by atoms with E-state index in [0.29, 0.717) is 21.6 Å². The fraction of sp³-hybridized carbons (Fsp3) is 0.231. The zero-order chi connectivity index (χ0) is 14.0. The molecule has 0 aliphatic rings. The van der Waals surface area contributed by atoms with E-state index in [0.717, 1.165) is 10.2 Å². The van der Waals surface area contributed by atoms with Gasteiger partial charge < -0.3 is 0 Å². The number of carbonyl (C=O) groups is 1. The number of nitrogens with one attached hydrogen (secondary N) is 1. The van der Waals surface area contributed by atoms with E-state index in [1.54, 1.807) is 18.2 Å². The predicted octanol–water partition coefficient (Wildman–Crippen LogP) is 4.93. The van der Waals surface area contributed by atoms with Crippen LogP contribution in [-0.2, 0) is 0 Å². The molecule has 2 rings (SSSR count). The molecule has 0 radical (unpaired) electrons. The molecule has 0 aliphatic carbocycles. The molecule has 1 heterocycles. The van der Waals surface area contributed by atoms with Crippen molar-refractivity contribution in [2.75, 3.05) is 5.32 Å². The molecule has 0 saturated carbocycles. The van der Waals surface area contributed by atoms with Gasteiger partial charge in [0.25, 0.3) is 5.91 Å². The maximum atomic E-state index is 12.0. The Hall–Kier alpha value is -0.910. The Morgan fingerprint density at radius 3 is 2.79 bits per heavy atom. The molecule has 1 amide bonds. The zero-order valence-electron chi connectivity index (χ0n) is 10.4. The van der Waals surface area contributed by atoms with Crippen molar-refractivity contribution in [3.8, 4) is 0 Å². The second kappa shape index (κ2) is 6.03. The molecule has 1 aromatic heterocycles. The van der Waals surface area contributed by atoms with Crippen LogP contribution in [0.1, 0.15) is 35.8 Å². The van der Waals surface area contributed by atoms with Crippen LogP contribution < -0.4 is 5.32 Å². The van der Waals surface area contributed by atoms with Gasteiger partial charge in [-0.15, -0.1) is 11.3 Å². The standard InChI is InChI=1S/C13H12BrClN2OS/c1-7(2)11-6-19-13(16-11)17-12(18)8-3-4-9(14)10(15)5-8/h3-7H,1-2H3,(H,16,17,18). The number of carbonyl (C=O) groups excluding carboxylic acids is 1. The summed E-state index contributed by atoms with van der Waals surface area (Å²) in [4.78, 5) is 16.4. The van der Waals surface area contributed by atoms with Crippen molar-refractivity contribution in [2.45, 2.75) is 19.8 Å². The highest BCUT2D eigenvalue weighted by molar-refractivity contribution is 9.10. The Balaban J connectivity index is 2.13. The number of hydrogen-bond donors (Lipinski definition) is 1. The average Bonchev–Trinajstić information content (AvgIpc) is 2.81. The number of amides is 1. The third-order valence-electron chi connectivity index (χ3n) is 2.52. The summed E-state index contributed by atoms with van der Waals surface area (Å²) in [7, 11) is 0. The van der Waals surface area contributed by atoms with Gasteiger partial charge in [0.2, 0.25) is 0 Å². The van der Waals surface area contributed by atoms with Crippen LogP contribution in [-0.4, -0.2) is 10.9 Å². The SMILES string of the molecule is CC(C)c1csc(NC(=O)c2ccc(Br)c(Cl)c2)n1. The van der Waals surface area contributed by atoms with Crippen molar-refractivity contribution >= 4 is 49.9 Å². The van der Waals surface area contributed by atoms with Gasteiger partial charge in [-0.2, -0.15) is 0 Å². The fourth-order valence-electron chi connectivity index (χ4n) is 1.42. The van der Waals surface area contributed by atoms with Crippen molar-refractivity contribution in [3.05, 3.63) is 44.3 Å². The van der Waals surface area contributed by atoms with Crippen molar-refractivity contribution in [1.82, 2.24) is 4.98 Å². The van der Waals surface area contributed by atoms with Crippen molar-refractivity contribution < 1.29 is 4.79 Å². The molecular weight excluding hydrogens is 348 g/mol. The molecule has 0 aliphatic heterocycles. The van der Waals surface area contributed by atoms with E-state index < -0.39 is 0 Å². The highest BCUT2D eigenvalue weighted by Gasteiger charge is 2.11. The molecule has 6 heteroatoms. The van der Waals surface area contributed by atoms with Crippen LogP contribution in [0.2, 0.25) is 5.02 Å². The van der Waals surface area contributed by atoms with Gasteiger partial charge in [-0.25, -0.2) is 4.98 Å². The normalized spacial score (nSPS) is 10.8. The third kappa shape index (κ3) is 3.55. The van der Waals surface area contributed by atoms with Gasteiger partial charge in [0.15, 0.2) is 5.13 Å². The molecule has 0 spiro atoms. The summed E-state index contributed by atoms with van der Waals surface area (Å²) >= 11 is 10.7. The van der Waals surface area contributed by atoms with Gasteiger partial charge in [-0.3, -0.25) is 10.1 Å². The number of anilines is 1. The first-order valence-corrected chi connectivity index (χ1v) is 7.74. The lowest BCUT2D eigenvalue weighted by Gasteiger charge is -2.03. The van der Waals surface area contributed by atoms with Crippen molar-refractivity contribution in [3.63, 3.8) is 0 Å². The maximum Gasteiger partial charge on any atom is 0.257 e. The first kappa shape index (κ1) is 14.5. The summed E-state index contributed by atoms with van der Waals surface area (Å²) in [5.41, 5.74) is 1.49. The second-order valence-electron chi connectivity index (χ2n) is 4.32. The van der Waals surface area contributed by atoms with Crippen LogP contribution in [0.4, 0.5) is 5.13 Å². The van der Waals surface area contributed by atoms with Gasteiger partial charge in [0.05, 0.1) is 10.7 Å². The number of hydrogen-bond acceptors (Lipinski definition) is 3. The van der Waals surface area contributed by atoms with E-state index in [1.807, 2.05) is 5.38 Å². The number of benzene rings is 1. The van der Waals surface area contributed by atoms with Crippen LogP contribution in [0.5, 0.6) is 0 Å². The quantitative estimate of drug-likeness (QED) is 0.844. The minimum absolute atomic E-state index is 0.209. The highest BCUT2D eigenvalue weighted by atomic mass is 79.9. The summed E-state index contributed by atoms with van der Waals surface area (Å²) in [6.07, 6.45) is 0. The summed E-state index contributed by atoms with van der Waals surface area (Å²) in [5.74, 6) is 0.142. The van der Waals surface area contributed by atoms with Crippen LogP contribution in [0.15, 0.2) is 28.1 Å². The number of halogens is 2. The van der Waals surface area contributed by atoms with Crippen molar-refractivity contribution in [1.29, 1.82) is 0 Å². The molecular formula is C13H12BrClN2OS. The minimum Gasteiger partial charge on any atom is -0.298 e. The number of thiazole rings is 1. The van der Waals surface area contributed by atoms with Crippen LogP contribution in [0, 0.1) is 0 Å². The Morgan fingerprint density at radius 1 is 1.47 bits per heavy atom. The predicted molar refractivity (Wildman–Crippen MR) is 83.3 cm³/mol. The minimum atomic E-state index is -0.209. The monoisotopic (exact) mass is 358 g/mol. The number of rotatable bonds is 3. The molecule has 19 heavy (non-hydrogen) atoms. The molecule has 0 bridgehead atoms. The Morgan fingerprint density at radius 2 is 2.21 bits per heavy atom. The molecule has 3 nitrogen and oxygen atoms in total. The largest absolute Gasteiger partial charge is 0.298 e. The summed E-state index contributed by atoms with van der Waals surface area (Å²) in [5, 5.41) is 5.84. The van der Waals surface area contributed by atoms with Crippen molar-refractivity contribution in [2.24, 2.45) is 0 Å². The fourth-order valence-corrected chi connectivity index (χ4v) is 2.71. The average molecular weight is 360 g/mol. The molecule has 2 aromatic rings. The Kier molecular flexibility index (Phi) is 4.60. The van der Waals surface area contributed by atoms with Gasteiger partial charge in [-0.1, -0.05) is 25.4 Å². The summed E-state index contributed by atoms with van der Waals surface area (Å²) < 4.78 is 0.766. The van der Waals surface area contributed by atoms with Crippen LogP contribution in [0.3, 0.4) is 0 Å². The highest BCUT2D eigenvalue weighted by Crippen LogP contribution is 2.25. The lowest BCUT2D eigenvalue weighted by molar-refractivity contribution is 0.102. The molecule has 100 valence electrons. The topological polar surface area (TPSA) is 42.0 Å². The Bertz CT molecular complexity index is 612. The molecule has 0 unspecified atom stereocenters. The zero-order valence-corrected chi connectivity index (χ0v) is 13.6. The second-order valence-corrected chi connectivity index (χ2v) is 6.43. The molecule has 0 atom stereocenters. The van der Waals surface area contributed by atoms with Gasteiger partial charge in [-0.05, 0) is 40.0 Å². The lowest BCUT2D eigenvalue weighted by atomic mass is 10.2. The summed E-state index contributed by atoms with van der Waals surface area (Å²) in [6.45, 7) is 4.13. The van der Waals surface area contributed by atoms with Gasteiger partial charge in [0.1, 0.15) is 0 Å². The molecule has 0 saturated heterocycles. The van der Waals surface area contributed by atoms with E-state index in [2.05, 4.69) is 40.1 Å². The molecule has 0 fully saturated rings. The molecule has 1 N–H and O–H groups in total.